The van der Waals surface area contributed by atoms with Gasteiger partial charge in [0.05, 0.1) is 11.8 Å². The monoisotopic (exact) mass is 264 g/mol. The van der Waals surface area contributed by atoms with Crippen molar-refractivity contribution in [1.29, 1.82) is 0 Å². The fourth-order valence-corrected chi connectivity index (χ4v) is 3.86. The first kappa shape index (κ1) is 11.7. The molecule has 0 bridgehead atoms. The lowest BCUT2D eigenvalue weighted by atomic mass is 10.0. The van der Waals surface area contributed by atoms with Crippen molar-refractivity contribution in [3.05, 3.63) is 35.0 Å². The second-order valence-electron chi connectivity index (χ2n) is 4.90. The summed E-state index contributed by atoms with van der Waals surface area (Å²) in [5.41, 5.74) is 4.03. The molecule has 18 heavy (non-hydrogen) atoms. The van der Waals surface area contributed by atoms with Crippen LogP contribution in [0.5, 0.6) is 0 Å². The maximum absolute atomic E-state index is 12.0. The van der Waals surface area contributed by atoms with Gasteiger partial charge in [0.25, 0.3) is 0 Å². The fraction of sp³-hybridized carbons (Fsp3) is 0.385. The minimum atomic E-state index is -3.25. The molecular weight excluding hydrogens is 248 g/mol. The first-order valence-corrected chi connectivity index (χ1v) is 7.87. The second-order valence-corrected chi connectivity index (χ2v) is 6.73. The number of nitrogens with zero attached hydrogens (tertiary/aromatic N) is 1. The molecule has 1 N–H and O–H groups in total. The highest BCUT2D eigenvalue weighted by atomic mass is 32.2. The normalized spacial score (nSPS) is 15.9. The lowest BCUT2D eigenvalue weighted by molar-refractivity contribution is 0.586. The minimum Gasteiger partial charge on any atom is -0.312 e. The molecular formula is C13H16N2O2S. The van der Waals surface area contributed by atoms with Crippen LogP contribution < -0.4 is 5.32 Å². The lowest BCUT2D eigenvalue weighted by Crippen LogP contribution is -2.26. The molecule has 2 aromatic rings. The molecule has 0 saturated heterocycles. The standard InChI is InChI=1S/C13H16N2O2S/c1-9-3-4-12-10(7-9)11-8-14-6-5-13(11)15(12)18(2,16)17/h3-4,7,14H,5-6,8H2,1-2H3. The van der Waals surface area contributed by atoms with E-state index in [1.54, 1.807) is 0 Å². The summed E-state index contributed by atoms with van der Waals surface area (Å²) in [5.74, 6) is 0. The summed E-state index contributed by atoms with van der Waals surface area (Å²) in [6, 6.07) is 5.94. The van der Waals surface area contributed by atoms with Gasteiger partial charge in [-0.05, 0) is 24.6 Å². The molecule has 2 heterocycles. The number of hydrogen-bond donors (Lipinski definition) is 1. The third kappa shape index (κ3) is 1.66. The van der Waals surface area contributed by atoms with E-state index in [1.807, 2.05) is 19.1 Å². The molecule has 0 amide bonds. The van der Waals surface area contributed by atoms with Gasteiger partial charge >= 0.3 is 0 Å². The highest BCUT2D eigenvalue weighted by Crippen LogP contribution is 2.30. The molecule has 1 aliphatic heterocycles. The van der Waals surface area contributed by atoms with Gasteiger partial charge in [-0.25, -0.2) is 12.4 Å². The van der Waals surface area contributed by atoms with Gasteiger partial charge in [0.15, 0.2) is 0 Å². The highest BCUT2D eigenvalue weighted by Gasteiger charge is 2.23. The SMILES string of the molecule is Cc1ccc2c(c1)c1c(n2S(C)(=O)=O)CCNC1. The van der Waals surface area contributed by atoms with Crippen LogP contribution in [0, 0.1) is 6.92 Å². The van der Waals surface area contributed by atoms with E-state index in [2.05, 4.69) is 11.4 Å². The van der Waals surface area contributed by atoms with Crippen molar-refractivity contribution in [2.75, 3.05) is 12.8 Å². The van der Waals surface area contributed by atoms with Crippen molar-refractivity contribution in [1.82, 2.24) is 9.29 Å². The Balaban J connectivity index is 2.48. The molecule has 0 atom stereocenters. The number of benzene rings is 1. The average molecular weight is 264 g/mol. The van der Waals surface area contributed by atoms with Crippen molar-refractivity contribution in [3.8, 4) is 0 Å². The van der Waals surface area contributed by atoms with Gasteiger partial charge in [0.2, 0.25) is 10.0 Å². The third-order valence-electron chi connectivity index (χ3n) is 3.46. The van der Waals surface area contributed by atoms with E-state index in [4.69, 9.17) is 0 Å². The summed E-state index contributed by atoms with van der Waals surface area (Å²) < 4.78 is 25.5. The summed E-state index contributed by atoms with van der Waals surface area (Å²) in [7, 11) is -3.25. The Morgan fingerprint density at radius 1 is 1.33 bits per heavy atom. The van der Waals surface area contributed by atoms with Gasteiger partial charge in [-0.15, -0.1) is 0 Å². The Morgan fingerprint density at radius 3 is 2.83 bits per heavy atom. The number of hydrogen-bond acceptors (Lipinski definition) is 3. The maximum Gasteiger partial charge on any atom is 0.236 e. The van der Waals surface area contributed by atoms with Crippen LogP contribution in [-0.4, -0.2) is 25.2 Å². The van der Waals surface area contributed by atoms with Crippen LogP contribution in [0.2, 0.25) is 0 Å². The van der Waals surface area contributed by atoms with Crippen LogP contribution in [0.1, 0.15) is 16.8 Å². The Bertz CT molecular complexity index is 729. The Morgan fingerprint density at radius 2 is 2.11 bits per heavy atom. The molecule has 96 valence electrons. The largest absolute Gasteiger partial charge is 0.312 e. The third-order valence-corrected chi connectivity index (χ3v) is 4.54. The zero-order chi connectivity index (χ0) is 12.9. The van der Waals surface area contributed by atoms with Crippen LogP contribution >= 0.6 is 0 Å². The van der Waals surface area contributed by atoms with E-state index in [-0.39, 0.29) is 0 Å². The zero-order valence-corrected chi connectivity index (χ0v) is 11.3. The quantitative estimate of drug-likeness (QED) is 0.847. The smallest absolute Gasteiger partial charge is 0.236 e. The van der Waals surface area contributed by atoms with Gasteiger partial charge in [0.1, 0.15) is 0 Å². The van der Waals surface area contributed by atoms with Crippen LogP contribution in [0.3, 0.4) is 0 Å². The average Bonchev–Trinajstić information content (AvgIpc) is 2.62. The van der Waals surface area contributed by atoms with E-state index >= 15 is 0 Å². The molecule has 3 rings (SSSR count). The highest BCUT2D eigenvalue weighted by molar-refractivity contribution is 7.89. The van der Waals surface area contributed by atoms with Crippen LogP contribution in [0.4, 0.5) is 0 Å². The fourth-order valence-electron chi connectivity index (χ4n) is 2.74. The topological polar surface area (TPSA) is 51.1 Å². The molecule has 0 aliphatic carbocycles. The van der Waals surface area contributed by atoms with Crippen molar-refractivity contribution in [2.45, 2.75) is 19.9 Å². The number of fused-ring (bicyclic) bond motifs is 3. The first-order chi connectivity index (χ1) is 8.48. The molecule has 0 fully saturated rings. The van der Waals surface area contributed by atoms with Crippen LogP contribution in [-0.2, 0) is 23.0 Å². The van der Waals surface area contributed by atoms with E-state index in [9.17, 15) is 8.42 Å². The summed E-state index contributed by atoms with van der Waals surface area (Å²) in [5, 5.41) is 4.37. The van der Waals surface area contributed by atoms with Gasteiger partial charge in [0, 0.05) is 30.6 Å². The van der Waals surface area contributed by atoms with Gasteiger partial charge < -0.3 is 5.32 Å². The Labute approximate surface area is 107 Å². The molecule has 0 unspecified atom stereocenters. The Kier molecular flexibility index (Phi) is 2.50. The zero-order valence-electron chi connectivity index (χ0n) is 10.5. The maximum atomic E-state index is 12.0. The van der Waals surface area contributed by atoms with Crippen molar-refractivity contribution in [3.63, 3.8) is 0 Å². The predicted molar refractivity (Wildman–Crippen MR) is 72.3 cm³/mol. The molecule has 0 spiro atoms. The van der Waals surface area contributed by atoms with Gasteiger partial charge in [-0.2, -0.15) is 0 Å². The number of aromatic nitrogens is 1. The van der Waals surface area contributed by atoms with Gasteiger partial charge in [-0.3, -0.25) is 0 Å². The Hall–Kier alpha value is -1.33. The first-order valence-electron chi connectivity index (χ1n) is 6.02. The number of rotatable bonds is 1. The molecule has 4 nitrogen and oxygen atoms in total. The van der Waals surface area contributed by atoms with Crippen molar-refractivity contribution < 1.29 is 8.42 Å². The lowest BCUT2D eigenvalue weighted by Gasteiger charge is -2.15. The molecule has 1 aromatic heterocycles. The molecule has 0 radical (unpaired) electrons. The van der Waals surface area contributed by atoms with E-state index in [1.165, 1.54) is 10.2 Å². The number of nitrogens with one attached hydrogen (secondary N) is 1. The molecule has 5 heteroatoms. The van der Waals surface area contributed by atoms with Crippen molar-refractivity contribution in [2.24, 2.45) is 0 Å². The predicted octanol–water partition coefficient (Wildman–Crippen LogP) is 1.40. The van der Waals surface area contributed by atoms with Gasteiger partial charge in [-0.1, -0.05) is 11.6 Å². The molecule has 1 aliphatic rings. The van der Waals surface area contributed by atoms with Crippen molar-refractivity contribution >= 4 is 20.9 Å². The minimum absolute atomic E-state index is 0.748. The van der Waals surface area contributed by atoms with E-state index < -0.39 is 10.0 Å². The summed E-state index contributed by atoms with van der Waals surface area (Å²) in [4.78, 5) is 0. The summed E-state index contributed by atoms with van der Waals surface area (Å²) in [6.07, 6.45) is 2.03. The number of aryl methyl sites for hydroxylation is 1. The molecule has 1 aromatic carbocycles. The second kappa shape index (κ2) is 3.83. The molecule has 0 saturated carbocycles. The van der Waals surface area contributed by atoms with E-state index in [0.29, 0.717) is 0 Å². The van der Waals surface area contributed by atoms with Crippen LogP contribution in [0.25, 0.3) is 10.9 Å². The van der Waals surface area contributed by atoms with E-state index in [0.717, 1.165) is 47.2 Å². The van der Waals surface area contributed by atoms with Crippen LogP contribution in [0.15, 0.2) is 18.2 Å². The summed E-state index contributed by atoms with van der Waals surface area (Å²) in [6.45, 7) is 3.61. The summed E-state index contributed by atoms with van der Waals surface area (Å²) >= 11 is 0.